The SMILES string of the molecule is Cl.N[C@H](CF)c1cc2c(cc1Br)OCO2. The fraction of sp³-hybridized carbons (Fsp3) is 0.333. The minimum absolute atomic E-state index is 0. The van der Waals surface area contributed by atoms with Crippen molar-refractivity contribution in [1.82, 2.24) is 0 Å². The molecular weight excluding hydrogens is 288 g/mol. The number of hydrogen-bond donors (Lipinski definition) is 1. The highest BCUT2D eigenvalue weighted by Crippen LogP contribution is 2.38. The molecule has 0 unspecified atom stereocenters. The third-order valence-corrected chi connectivity index (χ3v) is 2.74. The molecule has 0 aromatic heterocycles. The van der Waals surface area contributed by atoms with Crippen molar-refractivity contribution < 1.29 is 13.9 Å². The number of hydrogen-bond acceptors (Lipinski definition) is 3. The van der Waals surface area contributed by atoms with Crippen LogP contribution in [0.1, 0.15) is 11.6 Å². The largest absolute Gasteiger partial charge is 0.454 e. The van der Waals surface area contributed by atoms with E-state index in [1.54, 1.807) is 12.1 Å². The molecular formula is C9H10BrClFNO2. The van der Waals surface area contributed by atoms with E-state index < -0.39 is 12.7 Å². The van der Waals surface area contributed by atoms with Crippen molar-refractivity contribution in [2.24, 2.45) is 5.73 Å². The van der Waals surface area contributed by atoms with Gasteiger partial charge in [-0.25, -0.2) is 4.39 Å². The molecule has 6 heteroatoms. The van der Waals surface area contributed by atoms with Gasteiger partial charge in [-0.05, 0) is 17.7 Å². The smallest absolute Gasteiger partial charge is 0.231 e. The summed E-state index contributed by atoms with van der Waals surface area (Å²) in [5.41, 5.74) is 6.28. The highest BCUT2D eigenvalue weighted by molar-refractivity contribution is 9.10. The molecule has 0 fully saturated rings. The van der Waals surface area contributed by atoms with Crippen molar-refractivity contribution in [3.63, 3.8) is 0 Å². The molecule has 1 aliphatic rings. The Balaban J connectivity index is 0.00000112. The van der Waals surface area contributed by atoms with Gasteiger partial charge in [-0.1, -0.05) is 15.9 Å². The summed E-state index contributed by atoms with van der Waals surface area (Å²) in [6, 6.07) is 2.82. The number of rotatable bonds is 2. The van der Waals surface area contributed by atoms with Gasteiger partial charge in [0.1, 0.15) is 6.67 Å². The lowest BCUT2D eigenvalue weighted by Gasteiger charge is -2.10. The number of halogens is 3. The van der Waals surface area contributed by atoms with Gasteiger partial charge in [0.25, 0.3) is 0 Å². The van der Waals surface area contributed by atoms with Gasteiger partial charge in [-0.15, -0.1) is 12.4 Å². The number of ether oxygens (including phenoxy) is 2. The Kier molecular flexibility index (Phi) is 4.19. The van der Waals surface area contributed by atoms with Crippen LogP contribution >= 0.6 is 28.3 Å². The van der Waals surface area contributed by atoms with Crippen molar-refractivity contribution in [2.45, 2.75) is 6.04 Å². The van der Waals surface area contributed by atoms with E-state index in [1.165, 1.54) is 0 Å². The van der Waals surface area contributed by atoms with Crippen LogP contribution in [0.5, 0.6) is 11.5 Å². The standard InChI is InChI=1S/C9H9BrFNO2.ClH/c10-6-2-9-8(13-4-14-9)1-5(6)7(12)3-11;/h1-2,7H,3-4,12H2;1H/t7-;/m1./s1. The summed E-state index contributed by atoms with van der Waals surface area (Å²) in [7, 11) is 0. The van der Waals surface area contributed by atoms with E-state index >= 15 is 0 Å². The molecule has 1 aliphatic heterocycles. The van der Waals surface area contributed by atoms with E-state index in [-0.39, 0.29) is 19.2 Å². The summed E-state index contributed by atoms with van der Waals surface area (Å²) in [4.78, 5) is 0. The van der Waals surface area contributed by atoms with Crippen LogP contribution in [-0.2, 0) is 0 Å². The molecule has 2 N–H and O–H groups in total. The van der Waals surface area contributed by atoms with Gasteiger partial charge in [0.05, 0.1) is 6.04 Å². The predicted molar refractivity (Wildman–Crippen MR) is 60.4 cm³/mol. The van der Waals surface area contributed by atoms with Crippen molar-refractivity contribution in [3.05, 3.63) is 22.2 Å². The first-order chi connectivity index (χ1) is 6.72. The quantitative estimate of drug-likeness (QED) is 0.912. The van der Waals surface area contributed by atoms with Crippen LogP contribution in [0.4, 0.5) is 4.39 Å². The van der Waals surface area contributed by atoms with Gasteiger partial charge in [-0.3, -0.25) is 0 Å². The molecule has 0 saturated carbocycles. The first kappa shape index (κ1) is 12.5. The van der Waals surface area contributed by atoms with Crippen LogP contribution in [0.2, 0.25) is 0 Å². The van der Waals surface area contributed by atoms with Gasteiger partial charge < -0.3 is 15.2 Å². The Labute approximate surface area is 101 Å². The molecule has 1 atom stereocenters. The zero-order valence-corrected chi connectivity index (χ0v) is 10.1. The highest BCUT2D eigenvalue weighted by atomic mass is 79.9. The van der Waals surface area contributed by atoms with Crippen molar-refractivity contribution in [3.8, 4) is 11.5 Å². The average Bonchev–Trinajstić information content (AvgIpc) is 2.62. The van der Waals surface area contributed by atoms with Crippen LogP contribution in [0.15, 0.2) is 16.6 Å². The van der Waals surface area contributed by atoms with E-state index in [0.717, 1.165) is 4.47 Å². The van der Waals surface area contributed by atoms with Crippen LogP contribution in [0.25, 0.3) is 0 Å². The molecule has 0 bridgehead atoms. The van der Waals surface area contributed by atoms with Gasteiger partial charge in [0, 0.05) is 4.47 Å². The van der Waals surface area contributed by atoms with Crippen LogP contribution in [-0.4, -0.2) is 13.5 Å². The zero-order chi connectivity index (χ0) is 10.1. The second kappa shape index (κ2) is 5.01. The first-order valence-electron chi connectivity index (χ1n) is 4.13. The van der Waals surface area contributed by atoms with E-state index in [4.69, 9.17) is 15.2 Å². The molecule has 0 amide bonds. The molecule has 1 aromatic rings. The fourth-order valence-electron chi connectivity index (χ4n) is 1.30. The van der Waals surface area contributed by atoms with Gasteiger partial charge in [0.2, 0.25) is 6.79 Å². The summed E-state index contributed by atoms with van der Waals surface area (Å²) in [6.07, 6.45) is 0. The van der Waals surface area contributed by atoms with Gasteiger partial charge in [-0.2, -0.15) is 0 Å². The van der Waals surface area contributed by atoms with Gasteiger partial charge in [0.15, 0.2) is 11.5 Å². The van der Waals surface area contributed by atoms with Gasteiger partial charge >= 0.3 is 0 Å². The second-order valence-corrected chi connectivity index (χ2v) is 3.84. The normalized spacial score (nSPS) is 14.6. The molecule has 3 nitrogen and oxygen atoms in total. The topological polar surface area (TPSA) is 44.5 Å². The lowest BCUT2D eigenvalue weighted by atomic mass is 10.1. The van der Waals surface area contributed by atoms with E-state index in [1.807, 2.05) is 0 Å². The third-order valence-electron chi connectivity index (χ3n) is 2.06. The monoisotopic (exact) mass is 297 g/mol. The Morgan fingerprint density at radius 3 is 2.60 bits per heavy atom. The fourth-order valence-corrected chi connectivity index (χ4v) is 1.92. The second-order valence-electron chi connectivity index (χ2n) is 2.99. The lowest BCUT2D eigenvalue weighted by molar-refractivity contribution is 0.174. The summed E-state index contributed by atoms with van der Waals surface area (Å²) >= 11 is 3.31. The molecule has 0 saturated heterocycles. The number of nitrogens with two attached hydrogens (primary N) is 1. The third kappa shape index (κ3) is 2.35. The minimum atomic E-state index is -0.626. The number of alkyl halides is 1. The maximum Gasteiger partial charge on any atom is 0.231 e. The molecule has 1 aromatic carbocycles. The molecule has 84 valence electrons. The van der Waals surface area contributed by atoms with Crippen molar-refractivity contribution in [1.29, 1.82) is 0 Å². The molecule has 0 spiro atoms. The van der Waals surface area contributed by atoms with E-state index in [9.17, 15) is 4.39 Å². The Bertz CT molecular complexity index is 364. The molecule has 2 rings (SSSR count). The Morgan fingerprint density at radius 1 is 1.40 bits per heavy atom. The molecule has 1 heterocycles. The Morgan fingerprint density at radius 2 is 2.00 bits per heavy atom. The zero-order valence-electron chi connectivity index (χ0n) is 7.70. The van der Waals surface area contributed by atoms with Crippen LogP contribution < -0.4 is 15.2 Å². The maximum absolute atomic E-state index is 12.4. The predicted octanol–water partition coefficient (Wildman–Crippen LogP) is 2.57. The molecule has 0 radical (unpaired) electrons. The summed E-state index contributed by atoms with van der Waals surface area (Å²) in [5, 5.41) is 0. The first-order valence-corrected chi connectivity index (χ1v) is 4.92. The number of fused-ring (bicyclic) bond motifs is 1. The Hall–Kier alpha value is -0.520. The maximum atomic E-state index is 12.4. The summed E-state index contributed by atoms with van der Waals surface area (Å²) in [5.74, 6) is 1.28. The molecule has 0 aliphatic carbocycles. The van der Waals surface area contributed by atoms with Crippen molar-refractivity contribution >= 4 is 28.3 Å². The summed E-state index contributed by atoms with van der Waals surface area (Å²) < 4.78 is 23.5. The molecule has 15 heavy (non-hydrogen) atoms. The van der Waals surface area contributed by atoms with Crippen molar-refractivity contribution in [2.75, 3.05) is 13.5 Å². The van der Waals surface area contributed by atoms with E-state index in [2.05, 4.69) is 15.9 Å². The summed E-state index contributed by atoms with van der Waals surface area (Å²) in [6.45, 7) is -0.395. The highest BCUT2D eigenvalue weighted by Gasteiger charge is 2.19. The average molecular weight is 299 g/mol. The van der Waals surface area contributed by atoms with E-state index in [0.29, 0.717) is 17.1 Å². The lowest BCUT2D eigenvalue weighted by Crippen LogP contribution is -2.12. The minimum Gasteiger partial charge on any atom is -0.454 e. The van der Waals surface area contributed by atoms with Crippen LogP contribution in [0.3, 0.4) is 0 Å². The number of benzene rings is 1. The van der Waals surface area contributed by atoms with Crippen LogP contribution in [0, 0.1) is 0 Å².